The van der Waals surface area contributed by atoms with E-state index in [1.54, 1.807) is 5.51 Å². The van der Waals surface area contributed by atoms with Crippen LogP contribution in [0.15, 0.2) is 10.9 Å². The molecule has 3 nitrogen and oxygen atoms in total. The summed E-state index contributed by atoms with van der Waals surface area (Å²) in [6.45, 7) is 5.13. The number of hydrogen-bond acceptors (Lipinski definition) is 4. The minimum absolute atomic E-state index is 0.163. The average Bonchev–Trinajstić information content (AvgIpc) is 2.82. The van der Waals surface area contributed by atoms with Crippen LogP contribution in [0, 0.1) is 10.8 Å². The second-order valence-corrected chi connectivity index (χ2v) is 6.77. The predicted molar refractivity (Wildman–Crippen MR) is 70.8 cm³/mol. The van der Waals surface area contributed by atoms with Gasteiger partial charge >= 0.3 is 0 Å². The number of thiazole rings is 1. The lowest BCUT2D eigenvalue weighted by Gasteiger charge is -2.45. The van der Waals surface area contributed by atoms with E-state index in [4.69, 9.17) is 5.73 Å². The number of aromatic nitrogens is 1. The minimum Gasteiger partial charge on any atom is -0.386 e. The molecule has 2 rings (SSSR count). The fourth-order valence-electron chi connectivity index (χ4n) is 2.68. The molecule has 1 aromatic rings. The largest absolute Gasteiger partial charge is 0.386 e. The summed E-state index contributed by atoms with van der Waals surface area (Å²) in [5.41, 5.74) is 8.74. The van der Waals surface area contributed by atoms with Crippen LogP contribution < -0.4 is 5.73 Å². The molecule has 1 unspecified atom stereocenters. The Morgan fingerprint density at radius 1 is 1.41 bits per heavy atom. The third kappa shape index (κ3) is 2.54. The van der Waals surface area contributed by atoms with Gasteiger partial charge in [0.15, 0.2) is 0 Å². The highest BCUT2D eigenvalue weighted by Gasteiger charge is 2.43. The lowest BCUT2D eigenvalue weighted by Crippen LogP contribution is -2.42. The third-order valence-electron chi connectivity index (χ3n) is 4.32. The minimum atomic E-state index is -0.505. The van der Waals surface area contributed by atoms with Crippen LogP contribution in [0.1, 0.15) is 51.3 Å². The van der Waals surface area contributed by atoms with Crippen molar-refractivity contribution in [3.05, 3.63) is 16.6 Å². The number of nitrogens with two attached hydrogens (primary N) is 1. The lowest BCUT2D eigenvalue weighted by molar-refractivity contribution is -0.0255. The molecule has 1 heterocycles. The van der Waals surface area contributed by atoms with Gasteiger partial charge in [0.2, 0.25) is 0 Å². The van der Waals surface area contributed by atoms with Gasteiger partial charge in [0.1, 0.15) is 6.10 Å². The van der Waals surface area contributed by atoms with Crippen LogP contribution in [0.4, 0.5) is 0 Å². The van der Waals surface area contributed by atoms with Crippen LogP contribution >= 0.6 is 11.3 Å². The van der Waals surface area contributed by atoms with E-state index >= 15 is 0 Å². The highest BCUT2D eigenvalue weighted by atomic mass is 32.1. The Bertz CT molecular complexity index is 352. The molecule has 0 saturated heterocycles. The summed E-state index contributed by atoms with van der Waals surface area (Å²) < 4.78 is 0. The second-order valence-electron chi connectivity index (χ2n) is 6.05. The Morgan fingerprint density at radius 3 is 2.53 bits per heavy atom. The van der Waals surface area contributed by atoms with Crippen LogP contribution in [-0.4, -0.2) is 16.6 Å². The third-order valence-corrected chi connectivity index (χ3v) is 4.92. The van der Waals surface area contributed by atoms with Gasteiger partial charge in [-0.3, -0.25) is 0 Å². The van der Waals surface area contributed by atoms with E-state index < -0.39 is 6.10 Å². The van der Waals surface area contributed by atoms with Gasteiger partial charge in [-0.25, -0.2) is 4.98 Å². The lowest BCUT2D eigenvalue weighted by atomic mass is 9.62. The second kappa shape index (κ2) is 4.67. The van der Waals surface area contributed by atoms with Crippen molar-refractivity contribution in [3.63, 3.8) is 0 Å². The number of aliphatic hydroxyl groups is 1. The van der Waals surface area contributed by atoms with E-state index in [0.29, 0.717) is 12.0 Å². The summed E-state index contributed by atoms with van der Waals surface area (Å²) in [5.74, 6) is 0. The van der Waals surface area contributed by atoms with Gasteiger partial charge in [-0.2, -0.15) is 0 Å². The molecule has 3 N–H and O–H groups in total. The fourth-order valence-corrected chi connectivity index (χ4v) is 3.26. The van der Waals surface area contributed by atoms with Gasteiger partial charge in [-0.05, 0) is 31.1 Å². The van der Waals surface area contributed by atoms with Gasteiger partial charge in [-0.1, -0.05) is 13.8 Å². The molecule has 1 aliphatic carbocycles. The van der Waals surface area contributed by atoms with E-state index in [9.17, 15) is 5.11 Å². The normalized spacial score (nSPS) is 24.5. The molecule has 0 aliphatic heterocycles. The maximum atomic E-state index is 10.5. The molecule has 4 heteroatoms. The topological polar surface area (TPSA) is 59.1 Å². The Labute approximate surface area is 107 Å². The molecule has 96 valence electrons. The Balaban J connectivity index is 2.16. The van der Waals surface area contributed by atoms with Gasteiger partial charge in [0, 0.05) is 17.3 Å². The number of aliphatic hydroxyl groups excluding tert-OH is 1. The molecule has 1 fully saturated rings. The Morgan fingerprint density at radius 2 is 2.06 bits per heavy atom. The molecule has 0 amide bonds. The fraction of sp³-hybridized carbons (Fsp3) is 0.769. The summed E-state index contributed by atoms with van der Waals surface area (Å²) in [6, 6.07) is 0. The first kappa shape index (κ1) is 13.0. The molecule has 1 saturated carbocycles. The maximum absolute atomic E-state index is 10.5. The van der Waals surface area contributed by atoms with Crippen LogP contribution in [0.3, 0.4) is 0 Å². The van der Waals surface area contributed by atoms with Gasteiger partial charge in [0.05, 0.1) is 11.2 Å². The smallest absolute Gasteiger partial charge is 0.104 e. The highest BCUT2D eigenvalue weighted by Crippen LogP contribution is 2.50. The summed E-state index contributed by atoms with van der Waals surface area (Å²) in [6.07, 6.45) is 3.75. The van der Waals surface area contributed by atoms with Crippen molar-refractivity contribution in [2.75, 3.05) is 6.54 Å². The van der Waals surface area contributed by atoms with Gasteiger partial charge in [-0.15, -0.1) is 11.3 Å². The van der Waals surface area contributed by atoms with E-state index in [0.717, 1.165) is 31.4 Å². The van der Waals surface area contributed by atoms with Crippen molar-refractivity contribution in [1.82, 2.24) is 4.98 Å². The number of hydrogen-bond donors (Lipinski definition) is 2. The zero-order valence-electron chi connectivity index (χ0n) is 10.6. The van der Waals surface area contributed by atoms with E-state index in [1.807, 2.05) is 5.38 Å². The number of nitrogens with zero attached hydrogens (tertiary/aromatic N) is 1. The molecular weight excluding hydrogens is 232 g/mol. The molecule has 0 spiro atoms. The molecule has 1 atom stereocenters. The van der Waals surface area contributed by atoms with Gasteiger partial charge in [0.25, 0.3) is 0 Å². The van der Waals surface area contributed by atoms with Crippen LogP contribution in [0.2, 0.25) is 0 Å². The van der Waals surface area contributed by atoms with E-state index in [1.165, 1.54) is 11.3 Å². The van der Waals surface area contributed by atoms with E-state index in [2.05, 4.69) is 18.8 Å². The van der Waals surface area contributed by atoms with Crippen LogP contribution in [0.25, 0.3) is 0 Å². The van der Waals surface area contributed by atoms with Crippen molar-refractivity contribution in [1.29, 1.82) is 0 Å². The molecular formula is C13H22N2OS. The van der Waals surface area contributed by atoms with Crippen LogP contribution in [-0.2, 0) is 0 Å². The first-order chi connectivity index (χ1) is 7.99. The SMILES string of the molecule is CC1(C)CCC(CN)(C(O)c2cscn2)CC1. The van der Waals surface area contributed by atoms with Crippen molar-refractivity contribution in [2.45, 2.75) is 45.6 Å². The van der Waals surface area contributed by atoms with Crippen molar-refractivity contribution in [2.24, 2.45) is 16.6 Å². The zero-order valence-corrected chi connectivity index (χ0v) is 11.5. The quantitative estimate of drug-likeness (QED) is 0.872. The molecule has 0 aromatic carbocycles. The molecule has 0 radical (unpaired) electrons. The monoisotopic (exact) mass is 254 g/mol. The van der Waals surface area contributed by atoms with Crippen molar-refractivity contribution < 1.29 is 5.11 Å². The zero-order chi connectivity index (χ0) is 12.5. The summed E-state index contributed by atoms with van der Waals surface area (Å²) in [7, 11) is 0. The Kier molecular flexibility index (Phi) is 3.57. The molecule has 17 heavy (non-hydrogen) atoms. The standard InChI is InChI=1S/C13H22N2OS/c1-12(2)3-5-13(8-14,6-4-12)11(16)10-7-17-9-15-10/h7,9,11,16H,3-6,8,14H2,1-2H3. The Hall–Kier alpha value is -0.450. The molecule has 1 aliphatic rings. The summed E-state index contributed by atoms with van der Waals surface area (Å²) in [5, 5.41) is 12.5. The van der Waals surface area contributed by atoms with Crippen molar-refractivity contribution >= 4 is 11.3 Å². The first-order valence-electron chi connectivity index (χ1n) is 6.25. The molecule has 1 aromatic heterocycles. The maximum Gasteiger partial charge on any atom is 0.104 e. The molecule has 0 bridgehead atoms. The highest BCUT2D eigenvalue weighted by molar-refractivity contribution is 7.07. The summed E-state index contributed by atoms with van der Waals surface area (Å²) in [4.78, 5) is 4.23. The first-order valence-corrected chi connectivity index (χ1v) is 7.20. The average molecular weight is 254 g/mol. The summed E-state index contributed by atoms with van der Waals surface area (Å²) >= 11 is 1.53. The van der Waals surface area contributed by atoms with E-state index in [-0.39, 0.29) is 5.41 Å². The van der Waals surface area contributed by atoms with Gasteiger partial charge < -0.3 is 10.8 Å². The van der Waals surface area contributed by atoms with Crippen LogP contribution in [0.5, 0.6) is 0 Å². The van der Waals surface area contributed by atoms with Crippen molar-refractivity contribution in [3.8, 4) is 0 Å². The number of rotatable bonds is 3. The predicted octanol–water partition coefficient (Wildman–Crippen LogP) is 2.72.